The van der Waals surface area contributed by atoms with Crippen molar-refractivity contribution in [2.45, 2.75) is 43.1 Å². The van der Waals surface area contributed by atoms with Gasteiger partial charge in [0.1, 0.15) is 28.6 Å². The molecule has 2 aliphatic rings. The predicted octanol–water partition coefficient (Wildman–Crippen LogP) is 3.40. The average molecular weight is 454 g/mol. The average Bonchev–Trinajstić information content (AvgIpc) is 3.05. The molecule has 2 aromatic rings. The summed E-state index contributed by atoms with van der Waals surface area (Å²) in [5, 5.41) is 0. The van der Waals surface area contributed by atoms with Crippen LogP contribution < -0.4 is 5.73 Å². The van der Waals surface area contributed by atoms with Crippen LogP contribution in [0.15, 0.2) is 35.6 Å². The number of nitrogens with two attached hydrogens (primary N) is 1. The summed E-state index contributed by atoms with van der Waals surface area (Å²) in [6.45, 7) is 0.258. The van der Waals surface area contributed by atoms with E-state index in [-0.39, 0.29) is 29.8 Å². The molecule has 0 radical (unpaired) electrons. The summed E-state index contributed by atoms with van der Waals surface area (Å²) in [5.41, 5.74) is -1.38. The Labute approximate surface area is 179 Å². The molecule has 1 saturated heterocycles. The second-order valence-corrected chi connectivity index (χ2v) is 8.23. The molecule has 0 saturated carbocycles. The van der Waals surface area contributed by atoms with Crippen LogP contribution in [0.1, 0.15) is 47.1 Å². The van der Waals surface area contributed by atoms with E-state index < -0.39 is 59.5 Å². The van der Waals surface area contributed by atoms with E-state index in [4.69, 9.17) is 10.5 Å². The van der Waals surface area contributed by atoms with Crippen molar-refractivity contribution in [1.29, 1.82) is 0 Å². The summed E-state index contributed by atoms with van der Waals surface area (Å²) >= 11 is 0. The first kappa shape index (κ1) is 22.3. The van der Waals surface area contributed by atoms with Crippen LogP contribution in [0.3, 0.4) is 0 Å². The molecule has 3 atom stereocenters. The highest BCUT2D eigenvalue weighted by Crippen LogP contribution is 2.53. The number of hydrogen-bond acceptors (Lipinski definition) is 6. The Kier molecular flexibility index (Phi) is 5.27. The number of alkyl halides is 4. The highest BCUT2D eigenvalue weighted by Gasteiger charge is 2.65. The fourth-order valence-electron chi connectivity index (χ4n) is 4.13. The minimum Gasteiger partial charge on any atom is -0.385 e. The number of fused-ring (bicyclic) bond motifs is 1. The summed E-state index contributed by atoms with van der Waals surface area (Å²) in [7, 11) is 0. The smallest absolute Gasteiger partial charge is 0.281 e. The van der Waals surface area contributed by atoms with E-state index >= 15 is 4.39 Å². The number of nitrogens with zero attached hydrogens (tertiary/aromatic N) is 3. The van der Waals surface area contributed by atoms with Crippen LogP contribution in [0.2, 0.25) is 0 Å². The summed E-state index contributed by atoms with van der Waals surface area (Å²) in [4.78, 5) is 23.7. The van der Waals surface area contributed by atoms with Gasteiger partial charge in [0.15, 0.2) is 17.1 Å². The topological polar surface area (TPSA) is 90.5 Å². The van der Waals surface area contributed by atoms with Gasteiger partial charge in [-0.1, -0.05) is 6.07 Å². The van der Waals surface area contributed by atoms with Crippen LogP contribution in [-0.4, -0.2) is 46.1 Å². The molecule has 0 bridgehead atoms. The fourth-order valence-corrected chi connectivity index (χ4v) is 4.13. The number of carbonyl (C=O) groups is 1. The third kappa shape index (κ3) is 3.54. The Morgan fingerprint density at radius 2 is 1.97 bits per heavy atom. The van der Waals surface area contributed by atoms with E-state index in [1.54, 1.807) is 0 Å². The Hall–Kier alpha value is -2.95. The van der Waals surface area contributed by atoms with Gasteiger partial charge >= 0.3 is 0 Å². The molecular formula is C21H19F5N4O2. The minimum absolute atomic E-state index is 0.157. The van der Waals surface area contributed by atoms with Crippen LogP contribution >= 0.6 is 0 Å². The lowest BCUT2D eigenvalue weighted by molar-refractivity contribution is 0.0234. The van der Waals surface area contributed by atoms with Crippen molar-refractivity contribution in [3.05, 3.63) is 58.9 Å². The van der Waals surface area contributed by atoms with Crippen molar-refractivity contribution in [2.24, 2.45) is 10.7 Å². The monoisotopic (exact) mass is 454 g/mol. The first-order valence-electron chi connectivity index (χ1n) is 9.71. The molecule has 3 heterocycles. The summed E-state index contributed by atoms with van der Waals surface area (Å²) in [6, 6.07) is 3.63. The van der Waals surface area contributed by atoms with Crippen LogP contribution in [0, 0.1) is 5.82 Å². The highest BCUT2D eigenvalue weighted by molar-refractivity contribution is 5.95. The molecule has 6 nitrogen and oxygen atoms in total. The molecule has 4 rings (SSSR count). The number of benzene rings is 1. The van der Waals surface area contributed by atoms with Gasteiger partial charge in [0, 0.05) is 18.4 Å². The van der Waals surface area contributed by atoms with Crippen molar-refractivity contribution in [2.75, 3.05) is 13.2 Å². The lowest BCUT2D eigenvalue weighted by atomic mass is 9.70. The van der Waals surface area contributed by atoms with Crippen molar-refractivity contribution in [3.8, 4) is 0 Å². The van der Waals surface area contributed by atoms with Crippen molar-refractivity contribution < 1.29 is 31.5 Å². The Balaban J connectivity index is 1.69. The number of Topliss-reactive ketones (excluding diaryl/α,β-unsaturated/α-hetero) is 1. The Morgan fingerprint density at radius 1 is 1.22 bits per heavy atom. The molecule has 1 fully saturated rings. The molecule has 2 N–H and O–H groups in total. The van der Waals surface area contributed by atoms with E-state index in [0.29, 0.717) is 0 Å². The van der Waals surface area contributed by atoms with E-state index in [0.717, 1.165) is 25.4 Å². The van der Waals surface area contributed by atoms with Crippen molar-refractivity contribution in [1.82, 2.24) is 9.97 Å². The van der Waals surface area contributed by atoms with Gasteiger partial charge in [-0.05, 0) is 24.6 Å². The van der Waals surface area contributed by atoms with Gasteiger partial charge in [0.25, 0.3) is 6.43 Å². The number of hydrogen-bond donors (Lipinski definition) is 1. The van der Waals surface area contributed by atoms with Gasteiger partial charge in [-0.2, -0.15) is 0 Å². The number of ketones is 1. The maximum atomic E-state index is 15.9. The normalized spacial score (nSPS) is 29.7. The number of aromatic nitrogens is 2. The van der Waals surface area contributed by atoms with E-state index in [1.807, 2.05) is 0 Å². The zero-order chi connectivity index (χ0) is 23.3. The SMILES string of the molecule is C[C@]1(F)C[C@]2(F)COC[C@]2(c2cc(CC(=O)c3cnc(C(F)F)cn3)ccc2F)N=C1N. The quantitative estimate of drug-likeness (QED) is 0.553. The van der Waals surface area contributed by atoms with Crippen LogP contribution in [0.5, 0.6) is 0 Å². The van der Waals surface area contributed by atoms with Gasteiger partial charge in [0.2, 0.25) is 0 Å². The number of carbonyl (C=O) groups excluding carboxylic acids is 1. The molecular weight excluding hydrogens is 435 g/mol. The van der Waals surface area contributed by atoms with Crippen LogP contribution in [0.25, 0.3) is 0 Å². The number of aliphatic imine (C=N–C) groups is 1. The molecule has 0 unspecified atom stereocenters. The van der Waals surface area contributed by atoms with Gasteiger partial charge in [-0.3, -0.25) is 14.8 Å². The molecule has 32 heavy (non-hydrogen) atoms. The number of rotatable bonds is 5. The second kappa shape index (κ2) is 7.58. The van der Waals surface area contributed by atoms with E-state index in [2.05, 4.69) is 15.0 Å². The predicted molar refractivity (Wildman–Crippen MR) is 104 cm³/mol. The molecule has 11 heteroatoms. The summed E-state index contributed by atoms with van der Waals surface area (Å²) < 4.78 is 75.9. The second-order valence-electron chi connectivity index (χ2n) is 8.23. The largest absolute Gasteiger partial charge is 0.385 e. The third-order valence-electron chi connectivity index (χ3n) is 5.86. The standard InChI is InChI=1S/C21H19F5N4O2/c1-19(25)8-20(26)9-32-10-21(20,30-18(19)27)12-4-11(2-3-13(12)22)5-16(31)14-6-29-15(7-28-14)17(23)24/h2-4,6-7,17H,5,8-10H2,1H3,(H2,27,30)/t19-,20-,21+/m0/s1. The number of halogens is 5. The Bertz CT molecular complexity index is 1090. The van der Waals surface area contributed by atoms with Gasteiger partial charge in [-0.25, -0.2) is 26.9 Å². The maximum absolute atomic E-state index is 15.9. The molecule has 2 aliphatic heterocycles. The first-order chi connectivity index (χ1) is 15.0. The first-order valence-corrected chi connectivity index (χ1v) is 9.71. The lowest BCUT2D eigenvalue weighted by Crippen LogP contribution is -2.58. The van der Waals surface area contributed by atoms with Crippen LogP contribution in [0.4, 0.5) is 22.0 Å². The maximum Gasteiger partial charge on any atom is 0.281 e. The number of ether oxygens (including phenoxy) is 1. The van der Waals surface area contributed by atoms with E-state index in [9.17, 15) is 22.4 Å². The molecule has 1 aromatic heterocycles. The van der Waals surface area contributed by atoms with E-state index in [1.165, 1.54) is 12.1 Å². The van der Waals surface area contributed by atoms with Gasteiger partial charge < -0.3 is 10.5 Å². The molecule has 1 aromatic carbocycles. The molecule has 170 valence electrons. The minimum atomic E-state index is -2.82. The van der Waals surface area contributed by atoms with Crippen molar-refractivity contribution in [3.63, 3.8) is 0 Å². The zero-order valence-electron chi connectivity index (χ0n) is 16.9. The van der Waals surface area contributed by atoms with Gasteiger partial charge in [0.05, 0.1) is 25.6 Å². The fraction of sp³-hybridized carbons (Fsp3) is 0.429. The summed E-state index contributed by atoms with van der Waals surface area (Å²) in [5.74, 6) is -1.84. The van der Waals surface area contributed by atoms with Crippen molar-refractivity contribution >= 4 is 11.6 Å². The van der Waals surface area contributed by atoms with Crippen LogP contribution in [-0.2, 0) is 16.7 Å². The molecule has 0 amide bonds. The summed E-state index contributed by atoms with van der Waals surface area (Å²) in [6.07, 6.45) is -2.04. The Morgan fingerprint density at radius 3 is 2.62 bits per heavy atom. The number of amidine groups is 1. The molecule has 0 spiro atoms. The zero-order valence-corrected chi connectivity index (χ0v) is 16.9. The molecule has 0 aliphatic carbocycles. The van der Waals surface area contributed by atoms with Gasteiger partial charge in [-0.15, -0.1) is 0 Å². The third-order valence-corrected chi connectivity index (χ3v) is 5.86. The highest BCUT2D eigenvalue weighted by atomic mass is 19.3. The lowest BCUT2D eigenvalue weighted by Gasteiger charge is -2.43.